The lowest BCUT2D eigenvalue weighted by atomic mass is 10.1. The van der Waals surface area contributed by atoms with Crippen LogP contribution in [0, 0.1) is 5.92 Å². The molecule has 0 amide bonds. The van der Waals surface area contributed by atoms with E-state index in [0.717, 1.165) is 6.54 Å². The van der Waals surface area contributed by atoms with Gasteiger partial charge in [0.15, 0.2) is 5.96 Å². The van der Waals surface area contributed by atoms with E-state index in [0.29, 0.717) is 18.4 Å². The van der Waals surface area contributed by atoms with Gasteiger partial charge >= 0.3 is 0 Å². The molecule has 0 aliphatic rings. The Morgan fingerprint density at radius 2 is 1.89 bits per heavy atom. The molecule has 0 heterocycles. The van der Waals surface area contributed by atoms with E-state index < -0.39 is 0 Å². The van der Waals surface area contributed by atoms with E-state index in [4.69, 9.17) is 5.73 Å². The fourth-order valence-electron chi connectivity index (χ4n) is 1.88. The van der Waals surface area contributed by atoms with E-state index in [1.807, 2.05) is 12.1 Å². The minimum absolute atomic E-state index is 0.516. The quantitative estimate of drug-likeness (QED) is 0.652. The first kappa shape index (κ1) is 13.4. The van der Waals surface area contributed by atoms with Gasteiger partial charge in [0.25, 0.3) is 0 Å². The van der Waals surface area contributed by atoms with Crippen LogP contribution in [0.4, 0.5) is 0 Å². The van der Waals surface area contributed by atoms with E-state index in [9.17, 15) is 0 Å². The predicted octanol–water partition coefficient (Wildman–Crippen LogP) is 2.90. The summed E-state index contributed by atoms with van der Waals surface area (Å²) in [7, 11) is 0. The molecule has 0 fully saturated rings. The van der Waals surface area contributed by atoms with Crippen molar-refractivity contribution in [3.63, 3.8) is 0 Å². The Morgan fingerprint density at radius 3 is 2.63 bits per heavy atom. The van der Waals surface area contributed by atoms with Gasteiger partial charge in [-0.3, -0.25) is 0 Å². The molecule has 100 valence electrons. The minimum atomic E-state index is 0.516. The molecule has 2 rings (SSSR count). The summed E-state index contributed by atoms with van der Waals surface area (Å²) >= 11 is 0. The van der Waals surface area contributed by atoms with Gasteiger partial charge in [0.2, 0.25) is 0 Å². The zero-order valence-corrected chi connectivity index (χ0v) is 11.6. The largest absolute Gasteiger partial charge is 0.370 e. The highest BCUT2D eigenvalue weighted by Gasteiger charge is 1.97. The van der Waals surface area contributed by atoms with Crippen LogP contribution in [0.5, 0.6) is 0 Å². The molecule has 0 radical (unpaired) electrons. The minimum Gasteiger partial charge on any atom is -0.370 e. The van der Waals surface area contributed by atoms with Gasteiger partial charge in [0.05, 0.1) is 6.54 Å². The number of guanidine groups is 1. The second kappa shape index (κ2) is 6.23. The van der Waals surface area contributed by atoms with Crippen LogP contribution in [0.2, 0.25) is 0 Å². The molecule has 2 aromatic rings. The molecular formula is C16H21N3. The third-order valence-corrected chi connectivity index (χ3v) is 2.94. The summed E-state index contributed by atoms with van der Waals surface area (Å²) in [5.74, 6) is 1.08. The zero-order chi connectivity index (χ0) is 13.7. The molecule has 3 heteroatoms. The lowest BCUT2D eigenvalue weighted by molar-refractivity contribution is 0.622. The van der Waals surface area contributed by atoms with Crippen LogP contribution < -0.4 is 11.1 Å². The van der Waals surface area contributed by atoms with E-state index in [1.54, 1.807) is 0 Å². The molecule has 0 unspecified atom stereocenters. The van der Waals surface area contributed by atoms with Crippen molar-refractivity contribution in [1.29, 1.82) is 0 Å². The number of hydrogen-bond donors (Lipinski definition) is 2. The van der Waals surface area contributed by atoms with Gasteiger partial charge in [0, 0.05) is 6.54 Å². The summed E-state index contributed by atoms with van der Waals surface area (Å²) < 4.78 is 0. The maximum Gasteiger partial charge on any atom is 0.188 e. The van der Waals surface area contributed by atoms with E-state index in [-0.39, 0.29) is 0 Å². The Labute approximate surface area is 114 Å². The van der Waals surface area contributed by atoms with Crippen molar-refractivity contribution < 1.29 is 0 Å². The zero-order valence-electron chi connectivity index (χ0n) is 11.6. The highest BCUT2D eigenvalue weighted by Crippen LogP contribution is 2.15. The standard InChI is InChI=1S/C16H21N3/c1-12(2)10-18-16(17)19-11-13-7-8-14-5-3-4-6-15(14)9-13/h3-9,12H,10-11H2,1-2H3,(H3,17,18,19). The van der Waals surface area contributed by atoms with Crippen molar-refractivity contribution in [3.05, 3.63) is 48.0 Å². The van der Waals surface area contributed by atoms with Gasteiger partial charge in [0.1, 0.15) is 0 Å². The first-order valence-electron chi connectivity index (χ1n) is 6.66. The predicted molar refractivity (Wildman–Crippen MR) is 82.1 cm³/mol. The molecule has 0 saturated heterocycles. The monoisotopic (exact) mass is 255 g/mol. The number of fused-ring (bicyclic) bond motifs is 1. The number of nitrogens with one attached hydrogen (secondary N) is 1. The molecule has 0 bridgehead atoms. The van der Waals surface area contributed by atoms with E-state index >= 15 is 0 Å². The Kier molecular flexibility index (Phi) is 4.39. The fourth-order valence-corrected chi connectivity index (χ4v) is 1.88. The Hall–Kier alpha value is -2.03. The average Bonchev–Trinajstić information content (AvgIpc) is 2.42. The molecular weight excluding hydrogens is 234 g/mol. The fraction of sp³-hybridized carbons (Fsp3) is 0.312. The maximum absolute atomic E-state index is 5.82. The molecule has 0 atom stereocenters. The summed E-state index contributed by atoms with van der Waals surface area (Å²) in [6.07, 6.45) is 0. The Balaban J connectivity index is 2.03. The van der Waals surface area contributed by atoms with Gasteiger partial charge in [-0.1, -0.05) is 50.2 Å². The summed E-state index contributed by atoms with van der Waals surface area (Å²) in [4.78, 5) is 4.36. The maximum atomic E-state index is 5.82. The third-order valence-electron chi connectivity index (χ3n) is 2.94. The van der Waals surface area contributed by atoms with Crippen molar-refractivity contribution in [2.75, 3.05) is 6.54 Å². The van der Waals surface area contributed by atoms with Gasteiger partial charge in [-0.05, 0) is 28.3 Å². The summed E-state index contributed by atoms with van der Waals surface area (Å²) in [6, 6.07) is 14.7. The Bertz CT molecular complexity index is 573. The molecule has 3 nitrogen and oxygen atoms in total. The van der Waals surface area contributed by atoms with Crippen LogP contribution >= 0.6 is 0 Å². The highest BCUT2D eigenvalue weighted by atomic mass is 15.1. The van der Waals surface area contributed by atoms with Crippen molar-refractivity contribution >= 4 is 16.7 Å². The van der Waals surface area contributed by atoms with E-state index in [1.165, 1.54) is 16.3 Å². The first-order chi connectivity index (χ1) is 9.15. The smallest absolute Gasteiger partial charge is 0.188 e. The van der Waals surface area contributed by atoms with Crippen LogP contribution in [0.25, 0.3) is 10.8 Å². The van der Waals surface area contributed by atoms with Crippen molar-refractivity contribution in [2.45, 2.75) is 20.4 Å². The number of rotatable bonds is 4. The lowest BCUT2D eigenvalue weighted by Crippen LogP contribution is -2.34. The molecule has 0 spiro atoms. The molecule has 0 aliphatic heterocycles. The van der Waals surface area contributed by atoms with Crippen LogP contribution in [-0.4, -0.2) is 12.5 Å². The SMILES string of the molecule is CC(C)CNC(N)=NCc1ccc2ccccc2c1. The van der Waals surface area contributed by atoms with Crippen LogP contribution in [0.15, 0.2) is 47.5 Å². The average molecular weight is 255 g/mol. The van der Waals surface area contributed by atoms with Gasteiger partial charge in [-0.2, -0.15) is 0 Å². The topological polar surface area (TPSA) is 50.4 Å². The van der Waals surface area contributed by atoms with Gasteiger partial charge in [-0.25, -0.2) is 4.99 Å². The molecule has 0 saturated carbocycles. The van der Waals surface area contributed by atoms with Crippen molar-refractivity contribution in [2.24, 2.45) is 16.6 Å². The number of nitrogens with zero attached hydrogens (tertiary/aromatic N) is 1. The molecule has 0 aromatic heterocycles. The van der Waals surface area contributed by atoms with Crippen LogP contribution in [0.1, 0.15) is 19.4 Å². The number of nitrogens with two attached hydrogens (primary N) is 1. The summed E-state index contributed by atoms with van der Waals surface area (Å²) in [5.41, 5.74) is 7.00. The van der Waals surface area contributed by atoms with Crippen LogP contribution in [0.3, 0.4) is 0 Å². The van der Waals surface area contributed by atoms with Crippen LogP contribution in [-0.2, 0) is 6.54 Å². The molecule has 19 heavy (non-hydrogen) atoms. The Morgan fingerprint density at radius 1 is 1.16 bits per heavy atom. The second-order valence-corrected chi connectivity index (χ2v) is 5.16. The van der Waals surface area contributed by atoms with Gasteiger partial charge in [-0.15, -0.1) is 0 Å². The molecule has 2 aromatic carbocycles. The lowest BCUT2D eigenvalue weighted by Gasteiger charge is -2.08. The second-order valence-electron chi connectivity index (χ2n) is 5.16. The third kappa shape index (κ3) is 3.98. The normalized spacial score (nSPS) is 12.1. The van der Waals surface area contributed by atoms with Gasteiger partial charge < -0.3 is 11.1 Å². The molecule has 3 N–H and O–H groups in total. The first-order valence-corrected chi connectivity index (χ1v) is 6.66. The molecule has 0 aliphatic carbocycles. The highest BCUT2D eigenvalue weighted by molar-refractivity contribution is 5.83. The summed E-state index contributed by atoms with van der Waals surface area (Å²) in [5, 5.41) is 5.61. The number of benzene rings is 2. The number of aliphatic imine (C=N–C) groups is 1. The summed E-state index contributed by atoms with van der Waals surface area (Å²) in [6.45, 7) is 5.75. The van der Waals surface area contributed by atoms with Crippen molar-refractivity contribution in [1.82, 2.24) is 5.32 Å². The van der Waals surface area contributed by atoms with E-state index in [2.05, 4.69) is 54.5 Å². The van der Waals surface area contributed by atoms with Crippen molar-refractivity contribution in [3.8, 4) is 0 Å². The number of hydrogen-bond acceptors (Lipinski definition) is 1.